The standard InChI is InChI=1S/C15H18N2O3S/c1-10(2)9-17-14(18)13(21-15(17)19)8-16-11-4-6-12(20-3)7-5-11/h4-8,10,18H,9H2,1-3H3. The molecule has 21 heavy (non-hydrogen) atoms. The molecule has 0 radical (unpaired) electrons. The van der Waals surface area contributed by atoms with E-state index in [-0.39, 0.29) is 16.7 Å². The summed E-state index contributed by atoms with van der Waals surface area (Å²) in [5, 5.41) is 10.1. The number of hydrogen-bond acceptors (Lipinski definition) is 5. The lowest BCUT2D eigenvalue weighted by atomic mass is 10.2. The Morgan fingerprint density at radius 2 is 2.05 bits per heavy atom. The molecule has 2 aromatic rings. The van der Waals surface area contributed by atoms with Gasteiger partial charge in [0.2, 0.25) is 5.88 Å². The number of hydrogen-bond donors (Lipinski definition) is 1. The van der Waals surface area contributed by atoms with Gasteiger partial charge in [-0.25, -0.2) is 0 Å². The Balaban J connectivity index is 2.22. The topological polar surface area (TPSA) is 63.8 Å². The van der Waals surface area contributed by atoms with Crippen LogP contribution in [-0.2, 0) is 6.54 Å². The van der Waals surface area contributed by atoms with Crippen molar-refractivity contribution in [3.8, 4) is 11.6 Å². The molecule has 0 unspecified atom stereocenters. The minimum Gasteiger partial charge on any atom is -0.497 e. The summed E-state index contributed by atoms with van der Waals surface area (Å²) in [5.74, 6) is 1.02. The zero-order valence-electron chi connectivity index (χ0n) is 12.2. The zero-order valence-corrected chi connectivity index (χ0v) is 13.1. The molecule has 0 aliphatic heterocycles. The van der Waals surface area contributed by atoms with E-state index < -0.39 is 0 Å². The summed E-state index contributed by atoms with van der Waals surface area (Å²) in [7, 11) is 1.60. The van der Waals surface area contributed by atoms with Crippen LogP contribution < -0.4 is 9.61 Å². The first-order chi connectivity index (χ1) is 10.0. The average molecular weight is 306 g/mol. The van der Waals surface area contributed by atoms with Gasteiger partial charge < -0.3 is 9.84 Å². The van der Waals surface area contributed by atoms with Crippen LogP contribution in [0.25, 0.3) is 0 Å². The summed E-state index contributed by atoms with van der Waals surface area (Å²) in [6.07, 6.45) is 1.51. The van der Waals surface area contributed by atoms with E-state index in [0.29, 0.717) is 11.4 Å². The van der Waals surface area contributed by atoms with Crippen molar-refractivity contribution in [1.82, 2.24) is 4.57 Å². The van der Waals surface area contributed by atoms with Crippen molar-refractivity contribution in [2.45, 2.75) is 20.4 Å². The highest BCUT2D eigenvalue weighted by Crippen LogP contribution is 2.21. The van der Waals surface area contributed by atoms with E-state index in [4.69, 9.17) is 4.74 Å². The maximum atomic E-state index is 11.8. The molecule has 0 amide bonds. The van der Waals surface area contributed by atoms with E-state index >= 15 is 0 Å². The summed E-state index contributed by atoms with van der Waals surface area (Å²) in [4.78, 5) is 16.4. The van der Waals surface area contributed by atoms with E-state index in [1.54, 1.807) is 31.4 Å². The molecular weight excluding hydrogens is 288 g/mol. The molecule has 0 saturated carbocycles. The summed E-state index contributed by atoms with van der Waals surface area (Å²) in [6.45, 7) is 4.49. The Morgan fingerprint density at radius 1 is 1.38 bits per heavy atom. The molecule has 5 nitrogen and oxygen atoms in total. The van der Waals surface area contributed by atoms with Gasteiger partial charge in [0.25, 0.3) is 0 Å². The SMILES string of the molecule is COc1ccc(N=Cc2sc(=O)n(CC(C)C)c2O)cc1. The third-order valence-corrected chi connectivity index (χ3v) is 3.75. The molecule has 0 saturated heterocycles. The lowest BCUT2D eigenvalue weighted by Gasteiger charge is -2.05. The molecular formula is C15H18N2O3S. The van der Waals surface area contributed by atoms with Crippen LogP contribution in [0.2, 0.25) is 0 Å². The lowest BCUT2D eigenvalue weighted by Crippen LogP contribution is -2.15. The minimum absolute atomic E-state index is 0.0176. The number of aliphatic imine (C=N–C) groups is 1. The molecule has 0 atom stereocenters. The molecule has 0 aliphatic carbocycles. The van der Waals surface area contributed by atoms with Gasteiger partial charge in [-0.3, -0.25) is 14.4 Å². The number of aromatic nitrogens is 1. The van der Waals surface area contributed by atoms with Gasteiger partial charge in [-0.05, 0) is 30.2 Å². The van der Waals surface area contributed by atoms with Gasteiger partial charge in [0.15, 0.2) is 0 Å². The number of aromatic hydroxyl groups is 1. The fourth-order valence-corrected chi connectivity index (χ4v) is 2.59. The van der Waals surface area contributed by atoms with Crippen molar-refractivity contribution in [1.29, 1.82) is 0 Å². The Hall–Kier alpha value is -2.08. The Labute approximate surface area is 127 Å². The van der Waals surface area contributed by atoms with Crippen molar-refractivity contribution in [2.24, 2.45) is 10.9 Å². The maximum Gasteiger partial charge on any atom is 0.310 e. The number of methoxy groups -OCH3 is 1. The number of ether oxygens (including phenoxy) is 1. The molecule has 1 aromatic carbocycles. The van der Waals surface area contributed by atoms with Crippen LogP contribution in [0.5, 0.6) is 11.6 Å². The molecule has 1 aromatic heterocycles. The minimum atomic E-state index is -0.169. The normalized spacial score (nSPS) is 11.4. The molecule has 2 rings (SSSR count). The highest BCUT2D eigenvalue weighted by molar-refractivity contribution is 7.11. The van der Waals surface area contributed by atoms with Gasteiger partial charge in [0.05, 0.1) is 19.0 Å². The van der Waals surface area contributed by atoms with Crippen molar-refractivity contribution in [3.05, 3.63) is 38.8 Å². The highest BCUT2D eigenvalue weighted by atomic mass is 32.1. The van der Waals surface area contributed by atoms with E-state index in [0.717, 1.165) is 22.8 Å². The van der Waals surface area contributed by atoms with Gasteiger partial charge in [-0.2, -0.15) is 0 Å². The van der Waals surface area contributed by atoms with Crippen LogP contribution in [0.1, 0.15) is 18.7 Å². The first-order valence-corrected chi connectivity index (χ1v) is 7.43. The van der Waals surface area contributed by atoms with Crippen LogP contribution in [0, 0.1) is 5.92 Å². The van der Waals surface area contributed by atoms with Crippen molar-refractivity contribution < 1.29 is 9.84 Å². The molecule has 6 heteroatoms. The Bertz CT molecular complexity index is 684. The maximum absolute atomic E-state index is 11.8. The molecule has 1 N–H and O–H groups in total. The predicted octanol–water partition coefficient (Wildman–Crippen LogP) is 3.03. The van der Waals surface area contributed by atoms with Crippen LogP contribution in [0.3, 0.4) is 0 Å². The van der Waals surface area contributed by atoms with Crippen molar-refractivity contribution in [2.75, 3.05) is 7.11 Å². The van der Waals surface area contributed by atoms with Gasteiger partial charge in [0, 0.05) is 6.54 Å². The van der Waals surface area contributed by atoms with Gasteiger partial charge in [0.1, 0.15) is 10.6 Å². The van der Waals surface area contributed by atoms with E-state index in [2.05, 4.69) is 4.99 Å². The second-order valence-corrected chi connectivity index (χ2v) is 6.01. The summed E-state index contributed by atoms with van der Waals surface area (Å²) >= 11 is 0.993. The first-order valence-electron chi connectivity index (χ1n) is 6.62. The average Bonchev–Trinajstić information content (AvgIpc) is 2.73. The van der Waals surface area contributed by atoms with Crippen LogP contribution >= 0.6 is 11.3 Å². The molecule has 0 spiro atoms. The van der Waals surface area contributed by atoms with Crippen molar-refractivity contribution >= 4 is 23.2 Å². The molecule has 0 bridgehead atoms. The monoisotopic (exact) mass is 306 g/mol. The van der Waals surface area contributed by atoms with Crippen LogP contribution in [0.15, 0.2) is 34.1 Å². The fraction of sp³-hybridized carbons (Fsp3) is 0.333. The second kappa shape index (κ2) is 6.58. The molecule has 1 heterocycles. The third-order valence-electron chi connectivity index (χ3n) is 2.84. The quantitative estimate of drug-likeness (QED) is 0.864. The van der Waals surface area contributed by atoms with E-state index in [1.165, 1.54) is 10.8 Å². The second-order valence-electron chi connectivity index (χ2n) is 5.02. The smallest absolute Gasteiger partial charge is 0.310 e. The highest BCUT2D eigenvalue weighted by Gasteiger charge is 2.13. The fourth-order valence-electron chi connectivity index (χ4n) is 1.83. The summed E-state index contributed by atoms with van der Waals surface area (Å²) in [6, 6.07) is 7.22. The van der Waals surface area contributed by atoms with E-state index in [1.807, 2.05) is 13.8 Å². The zero-order chi connectivity index (χ0) is 15.4. The summed E-state index contributed by atoms with van der Waals surface area (Å²) in [5.41, 5.74) is 0.728. The molecule has 0 fully saturated rings. The van der Waals surface area contributed by atoms with Crippen LogP contribution in [0.4, 0.5) is 5.69 Å². The number of benzene rings is 1. The van der Waals surface area contributed by atoms with Gasteiger partial charge in [-0.1, -0.05) is 25.2 Å². The van der Waals surface area contributed by atoms with Gasteiger partial charge in [-0.15, -0.1) is 0 Å². The summed E-state index contributed by atoms with van der Waals surface area (Å²) < 4.78 is 6.45. The van der Waals surface area contributed by atoms with E-state index in [9.17, 15) is 9.90 Å². The Kier molecular flexibility index (Phi) is 4.80. The number of nitrogens with zero attached hydrogens (tertiary/aromatic N) is 2. The third kappa shape index (κ3) is 3.72. The van der Waals surface area contributed by atoms with Crippen molar-refractivity contribution in [3.63, 3.8) is 0 Å². The first kappa shape index (κ1) is 15.3. The van der Waals surface area contributed by atoms with Gasteiger partial charge >= 0.3 is 4.87 Å². The largest absolute Gasteiger partial charge is 0.497 e. The molecule has 112 valence electrons. The lowest BCUT2D eigenvalue weighted by molar-refractivity contribution is 0.389. The predicted molar refractivity (Wildman–Crippen MR) is 85.3 cm³/mol. The number of rotatable bonds is 5. The Morgan fingerprint density at radius 3 is 2.62 bits per heavy atom. The molecule has 0 aliphatic rings. The van der Waals surface area contributed by atoms with Crippen LogP contribution in [-0.4, -0.2) is 23.0 Å². The number of thiazole rings is 1.